The molecule has 3 rings (SSSR count). The second kappa shape index (κ2) is 7.42. The summed E-state index contributed by atoms with van der Waals surface area (Å²) in [5, 5.41) is 2.56. The highest BCUT2D eigenvalue weighted by atomic mass is 32.2. The molecule has 1 heterocycles. The minimum atomic E-state index is -4.51. The summed E-state index contributed by atoms with van der Waals surface area (Å²) >= 11 is 0. The summed E-state index contributed by atoms with van der Waals surface area (Å²) in [4.78, 5) is 24.7. The van der Waals surface area contributed by atoms with Crippen LogP contribution in [0.25, 0.3) is 0 Å². The molecule has 30 heavy (non-hydrogen) atoms. The van der Waals surface area contributed by atoms with Gasteiger partial charge in [0.1, 0.15) is 4.90 Å². The third-order valence-electron chi connectivity index (χ3n) is 4.74. The Labute approximate surface area is 171 Å². The number of hydrogen-bond acceptors (Lipinski definition) is 4. The Kier molecular flexibility index (Phi) is 5.40. The zero-order valence-corrected chi connectivity index (χ0v) is 17.1. The van der Waals surface area contributed by atoms with Gasteiger partial charge >= 0.3 is 6.18 Å². The van der Waals surface area contributed by atoms with Gasteiger partial charge in [0.05, 0.1) is 17.2 Å². The maximum atomic E-state index is 12.9. The van der Waals surface area contributed by atoms with E-state index in [9.17, 15) is 31.2 Å². The number of benzene rings is 2. The van der Waals surface area contributed by atoms with E-state index in [2.05, 4.69) is 5.32 Å². The molecule has 0 fully saturated rings. The Balaban J connectivity index is 1.87. The van der Waals surface area contributed by atoms with Crippen molar-refractivity contribution in [3.05, 3.63) is 64.7 Å². The van der Waals surface area contributed by atoms with Gasteiger partial charge in [0, 0.05) is 11.6 Å². The van der Waals surface area contributed by atoms with Crippen molar-refractivity contribution in [3.8, 4) is 0 Å². The minimum Gasteiger partial charge on any atom is -0.346 e. The van der Waals surface area contributed by atoms with Crippen LogP contribution in [0.5, 0.6) is 0 Å². The number of nitrogens with zero attached hydrogens (tertiary/aromatic N) is 1. The summed E-state index contributed by atoms with van der Waals surface area (Å²) < 4.78 is 64.8. The molecule has 1 aliphatic rings. The Morgan fingerprint density at radius 2 is 1.73 bits per heavy atom. The summed E-state index contributed by atoms with van der Waals surface area (Å²) in [6.07, 6.45) is -4.51. The highest BCUT2D eigenvalue weighted by molar-refractivity contribution is 7.90. The fourth-order valence-corrected chi connectivity index (χ4v) is 5.04. The third-order valence-corrected chi connectivity index (χ3v) is 6.74. The fourth-order valence-electron chi connectivity index (χ4n) is 3.25. The highest BCUT2D eigenvalue weighted by Gasteiger charge is 2.43. The van der Waals surface area contributed by atoms with Crippen molar-refractivity contribution >= 4 is 21.8 Å². The van der Waals surface area contributed by atoms with E-state index in [-0.39, 0.29) is 21.6 Å². The van der Waals surface area contributed by atoms with E-state index in [1.807, 2.05) is 0 Å². The predicted octanol–water partition coefficient (Wildman–Crippen LogP) is 3.75. The maximum Gasteiger partial charge on any atom is 0.416 e. The lowest BCUT2D eigenvalue weighted by atomic mass is 10.0. The number of amides is 2. The number of halogens is 3. The molecule has 0 saturated heterocycles. The van der Waals surface area contributed by atoms with Gasteiger partial charge in [0.15, 0.2) is 0 Å². The van der Waals surface area contributed by atoms with Gasteiger partial charge in [-0.15, -0.1) is 0 Å². The topological polar surface area (TPSA) is 83.6 Å². The molecule has 6 nitrogen and oxygen atoms in total. The normalized spacial score (nSPS) is 16.5. The first-order valence-electron chi connectivity index (χ1n) is 9.05. The molecule has 10 heteroatoms. The van der Waals surface area contributed by atoms with Crippen LogP contribution >= 0.6 is 0 Å². The Hall–Kier alpha value is -2.88. The second-order valence-electron chi connectivity index (χ2n) is 7.23. The molecule has 2 amide bonds. The van der Waals surface area contributed by atoms with Gasteiger partial charge in [-0.05, 0) is 56.7 Å². The van der Waals surface area contributed by atoms with Crippen LogP contribution < -0.4 is 5.32 Å². The van der Waals surface area contributed by atoms with Gasteiger partial charge in [-0.2, -0.15) is 13.2 Å². The van der Waals surface area contributed by atoms with Gasteiger partial charge in [0.2, 0.25) is 0 Å². The van der Waals surface area contributed by atoms with Gasteiger partial charge in [-0.1, -0.05) is 12.1 Å². The first kappa shape index (κ1) is 21.8. The lowest BCUT2D eigenvalue weighted by molar-refractivity contribution is -0.137. The van der Waals surface area contributed by atoms with Crippen LogP contribution in [-0.4, -0.2) is 30.6 Å². The first-order chi connectivity index (χ1) is 13.8. The number of hydrogen-bond donors (Lipinski definition) is 1. The number of fused-ring (bicyclic) bond motifs is 1. The number of nitrogens with one attached hydrogen (secondary N) is 1. The number of sulfonamides is 1. The third kappa shape index (κ3) is 3.79. The lowest BCUT2D eigenvalue weighted by Gasteiger charge is -2.18. The van der Waals surface area contributed by atoms with Gasteiger partial charge < -0.3 is 5.32 Å². The summed E-state index contributed by atoms with van der Waals surface area (Å²) in [6, 6.07) is 6.90. The molecule has 0 saturated carbocycles. The molecule has 160 valence electrons. The summed E-state index contributed by atoms with van der Waals surface area (Å²) in [6.45, 7) is 4.64. The maximum absolute atomic E-state index is 12.9. The molecule has 1 unspecified atom stereocenters. The quantitative estimate of drug-likeness (QED) is 0.785. The van der Waals surface area contributed by atoms with E-state index in [4.69, 9.17) is 0 Å². The fraction of sp³-hybridized carbons (Fsp3) is 0.300. The molecule has 0 spiro atoms. The zero-order chi connectivity index (χ0) is 22.4. The van der Waals surface area contributed by atoms with Crippen LogP contribution in [0.2, 0.25) is 0 Å². The Morgan fingerprint density at radius 3 is 2.33 bits per heavy atom. The average Bonchev–Trinajstić information content (AvgIpc) is 2.86. The van der Waals surface area contributed by atoms with Crippen molar-refractivity contribution in [2.75, 3.05) is 0 Å². The molecule has 1 aliphatic heterocycles. The molecule has 2 aromatic rings. The number of alkyl halides is 3. The first-order valence-corrected chi connectivity index (χ1v) is 10.5. The van der Waals surface area contributed by atoms with Crippen molar-refractivity contribution in [1.82, 2.24) is 9.62 Å². The summed E-state index contributed by atoms with van der Waals surface area (Å²) in [5.41, 5.74) is -0.633. The molecular weight excluding hydrogens is 421 g/mol. The molecule has 1 N–H and O–H groups in total. The van der Waals surface area contributed by atoms with Crippen LogP contribution in [0.3, 0.4) is 0 Å². The van der Waals surface area contributed by atoms with Crippen LogP contribution in [0.1, 0.15) is 58.7 Å². The SMILES string of the molecule is CC(NC(=O)c1ccc2c(c1)S(=O)(=O)N(C(C)C)C2=O)c1cccc(C(F)(F)F)c1. The molecule has 0 aromatic heterocycles. The van der Waals surface area contributed by atoms with E-state index in [1.54, 1.807) is 13.8 Å². The van der Waals surface area contributed by atoms with Crippen molar-refractivity contribution in [1.29, 1.82) is 0 Å². The monoisotopic (exact) mass is 440 g/mol. The van der Waals surface area contributed by atoms with E-state index < -0.39 is 45.7 Å². The van der Waals surface area contributed by atoms with Crippen LogP contribution in [0, 0.1) is 0 Å². The predicted molar refractivity (Wildman–Crippen MR) is 102 cm³/mol. The largest absolute Gasteiger partial charge is 0.416 e. The smallest absolute Gasteiger partial charge is 0.346 e. The average molecular weight is 440 g/mol. The van der Waals surface area contributed by atoms with Gasteiger partial charge in [0.25, 0.3) is 21.8 Å². The second-order valence-corrected chi connectivity index (χ2v) is 9.01. The summed E-state index contributed by atoms with van der Waals surface area (Å²) in [5.74, 6) is -1.34. The molecular formula is C20H19F3N2O4S. The lowest BCUT2D eigenvalue weighted by Crippen LogP contribution is -2.36. The number of carbonyl (C=O) groups excluding carboxylic acids is 2. The van der Waals surface area contributed by atoms with E-state index in [1.165, 1.54) is 31.2 Å². The van der Waals surface area contributed by atoms with E-state index in [0.717, 1.165) is 22.5 Å². The van der Waals surface area contributed by atoms with Crippen molar-refractivity contribution in [2.45, 2.75) is 43.9 Å². The van der Waals surface area contributed by atoms with Crippen molar-refractivity contribution < 1.29 is 31.2 Å². The molecule has 2 aromatic carbocycles. The van der Waals surface area contributed by atoms with Crippen LogP contribution in [0.15, 0.2) is 47.4 Å². The van der Waals surface area contributed by atoms with Crippen molar-refractivity contribution in [2.24, 2.45) is 0 Å². The van der Waals surface area contributed by atoms with Crippen molar-refractivity contribution in [3.63, 3.8) is 0 Å². The van der Waals surface area contributed by atoms with E-state index in [0.29, 0.717) is 0 Å². The molecule has 0 radical (unpaired) electrons. The minimum absolute atomic E-state index is 0.0189. The Bertz CT molecular complexity index is 1130. The highest BCUT2D eigenvalue weighted by Crippen LogP contribution is 2.33. The van der Waals surface area contributed by atoms with Crippen LogP contribution in [0.4, 0.5) is 13.2 Å². The van der Waals surface area contributed by atoms with Gasteiger partial charge in [-0.3, -0.25) is 9.59 Å². The summed E-state index contributed by atoms with van der Waals surface area (Å²) in [7, 11) is -4.07. The molecule has 0 aliphatic carbocycles. The number of carbonyl (C=O) groups is 2. The zero-order valence-electron chi connectivity index (χ0n) is 16.3. The molecule has 0 bridgehead atoms. The van der Waals surface area contributed by atoms with Crippen LogP contribution in [-0.2, 0) is 16.2 Å². The van der Waals surface area contributed by atoms with Gasteiger partial charge in [-0.25, -0.2) is 12.7 Å². The number of rotatable bonds is 4. The molecule has 1 atom stereocenters. The van der Waals surface area contributed by atoms with E-state index >= 15 is 0 Å². The standard InChI is InChI=1S/C20H19F3N2O4S/c1-11(2)25-19(27)16-8-7-14(10-17(16)30(25,28)29)18(26)24-12(3)13-5-4-6-15(9-13)20(21,22)23/h4-12H,1-3H3,(H,24,26). The Morgan fingerprint density at radius 1 is 1.07 bits per heavy atom.